The standard InChI is InChI=1S/C14H15NO4S2/c1-15(9-7-11-5-3-2-4-6-11)21(18,19)12-8-10-20-13(12)14(16)17/h2-6,8,10H,7,9H2,1H3,(H,16,17). The van der Waals surface area contributed by atoms with Crippen molar-refractivity contribution in [2.75, 3.05) is 13.6 Å². The molecule has 0 radical (unpaired) electrons. The van der Waals surface area contributed by atoms with Gasteiger partial charge < -0.3 is 5.11 Å². The molecule has 2 rings (SSSR count). The number of likely N-dealkylation sites (N-methyl/N-ethyl adjacent to an activating group) is 1. The molecule has 0 atom stereocenters. The fourth-order valence-corrected chi connectivity index (χ4v) is 4.28. The Morgan fingerprint density at radius 3 is 2.52 bits per heavy atom. The number of carboxylic acid groups (broad SMARTS) is 1. The highest BCUT2D eigenvalue weighted by molar-refractivity contribution is 7.89. The third-order valence-electron chi connectivity index (χ3n) is 3.07. The van der Waals surface area contributed by atoms with Gasteiger partial charge in [-0.05, 0) is 23.4 Å². The molecule has 0 saturated heterocycles. The number of thiophene rings is 1. The molecular weight excluding hydrogens is 310 g/mol. The van der Waals surface area contributed by atoms with Gasteiger partial charge in [0.25, 0.3) is 0 Å². The third kappa shape index (κ3) is 3.49. The van der Waals surface area contributed by atoms with Crippen LogP contribution in [-0.4, -0.2) is 37.4 Å². The number of carboxylic acids is 1. The van der Waals surface area contributed by atoms with Gasteiger partial charge in [-0.2, -0.15) is 0 Å². The average molecular weight is 325 g/mol. The van der Waals surface area contributed by atoms with Crippen LogP contribution >= 0.6 is 11.3 Å². The van der Waals surface area contributed by atoms with Gasteiger partial charge in [-0.3, -0.25) is 0 Å². The van der Waals surface area contributed by atoms with Crippen molar-refractivity contribution in [3.8, 4) is 0 Å². The minimum atomic E-state index is -3.78. The maximum atomic E-state index is 12.4. The number of sulfonamides is 1. The van der Waals surface area contributed by atoms with Crippen LogP contribution in [0.25, 0.3) is 0 Å². The molecule has 112 valence electrons. The Balaban J connectivity index is 2.15. The second-order valence-corrected chi connectivity index (χ2v) is 7.41. The van der Waals surface area contributed by atoms with E-state index < -0.39 is 16.0 Å². The van der Waals surface area contributed by atoms with E-state index in [2.05, 4.69) is 0 Å². The summed E-state index contributed by atoms with van der Waals surface area (Å²) in [6.07, 6.45) is 0.573. The first-order chi connectivity index (χ1) is 9.93. The van der Waals surface area contributed by atoms with Crippen molar-refractivity contribution in [1.82, 2.24) is 4.31 Å². The summed E-state index contributed by atoms with van der Waals surface area (Å²) in [5, 5.41) is 10.5. The molecule has 0 saturated carbocycles. The normalized spacial score (nSPS) is 11.7. The van der Waals surface area contributed by atoms with Crippen LogP contribution in [0.1, 0.15) is 15.2 Å². The summed E-state index contributed by atoms with van der Waals surface area (Å²) < 4.78 is 26.0. The second kappa shape index (κ2) is 6.38. The largest absolute Gasteiger partial charge is 0.477 e. The van der Waals surface area contributed by atoms with Crippen molar-refractivity contribution in [2.24, 2.45) is 0 Å². The topological polar surface area (TPSA) is 74.7 Å². The minimum absolute atomic E-state index is 0.143. The predicted octanol–water partition coefficient (Wildman–Crippen LogP) is 2.31. The van der Waals surface area contributed by atoms with Crippen LogP contribution in [-0.2, 0) is 16.4 Å². The van der Waals surface area contributed by atoms with Gasteiger partial charge >= 0.3 is 5.97 Å². The lowest BCUT2D eigenvalue weighted by Gasteiger charge is -2.16. The highest BCUT2D eigenvalue weighted by Crippen LogP contribution is 2.24. The van der Waals surface area contributed by atoms with Gasteiger partial charge in [0.2, 0.25) is 10.0 Å². The van der Waals surface area contributed by atoms with E-state index in [0.717, 1.165) is 16.9 Å². The highest BCUT2D eigenvalue weighted by Gasteiger charge is 2.27. The lowest BCUT2D eigenvalue weighted by molar-refractivity contribution is 0.0698. The van der Waals surface area contributed by atoms with E-state index in [1.54, 1.807) is 0 Å². The maximum absolute atomic E-state index is 12.4. The summed E-state index contributed by atoms with van der Waals surface area (Å²) in [7, 11) is -2.32. The molecule has 1 heterocycles. The van der Waals surface area contributed by atoms with E-state index in [1.165, 1.54) is 22.8 Å². The zero-order valence-electron chi connectivity index (χ0n) is 11.4. The number of hydrogen-bond acceptors (Lipinski definition) is 4. The molecule has 0 spiro atoms. The second-order valence-electron chi connectivity index (χ2n) is 4.48. The van der Waals surface area contributed by atoms with Crippen LogP contribution in [0.5, 0.6) is 0 Å². The zero-order chi connectivity index (χ0) is 15.5. The Morgan fingerprint density at radius 1 is 1.24 bits per heavy atom. The molecule has 1 aromatic heterocycles. The molecule has 0 amide bonds. The number of benzene rings is 1. The summed E-state index contributed by atoms with van der Waals surface area (Å²) in [6, 6.07) is 10.9. The van der Waals surface area contributed by atoms with Crippen molar-refractivity contribution in [1.29, 1.82) is 0 Å². The molecule has 0 aliphatic heterocycles. The first-order valence-electron chi connectivity index (χ1n) is 6.24. The smallest absolute Gasteiger partial charge is 0.347 e. The van der Waals surface area contributed by atoms with Crippen molar-refractivity contribution in [2.45, 2.75) is 11.3 Å². The van der Waals surface area contributed by atoms with Gasteiger partial charge in [0, 0.05) is 13.6 Å². The first-order valence-corrected chi connectivity index (χ1v) is 8.56. The van der Waals surface area contributed by atoms with E-state index in [-0.39, 0.29) is 9.77 Å². The summed E-state index contributed by atoms with van der Waals surface area (Å²) >= 11 is 0.911. The molecule has 2 aromatic rings. The molecule has 0 aliphatic carbocycles. The van der Waals surface area contributed by atoms with Gasteiger partial charge in [-0.1, -0.05) is 30.3 Å². The Labute approximate surface area is 127 Å². The molecule has 0 bridgehead atoms. The van der Waals surface area contributed by atoms with Crippen molar-refractivity contribution in [3.05, 3.63) is 52.2 Å². The van der Waals surface area contributed by atoms with Crippen LogP contribution in [0.3, 0.4) is 0 Å². The molecule has 7 heteroatoms. The molecule has 0 fully saturated rings. The van der Waals surface area contributed by atoms with E-state index in [4.69, 9.17) is 5.11 Å². The summed E-state index contributed by atoms with van der Waals surface area (Å²) in [5.74, 6) is -1.22. The molecule has 0 aliphatic rings. The van der Waals surface area contributed by atoms with Crippen LogP contribution in [0.2, 0.25) is 0 Å². The van der Waals surface area contributed by atoms with Crippen LogP contribution in [0.15, 0.2) is 46.7 Å². The number of rotatable bonds is 6. The van der Waals surface area contributed by atoms with Crippen molar-refractivity contribution < 1.29 is 18.3 Å². The lowest BCUT2D eigenvalue weighted by atomic mass is 10.2. The Morgan fingerprint density at radius 2 is 1.90 bits per heavy atom. The predicted molar refractivity (Wildman–Crippen MR) is 81.2 cm³/mol. The van der Waals surface area contributed by atoms with Gasteiger partial charge in [-0.15, -0.1) is 11.3 Å². The molecule has 1 aromatic carbocycles. The van der Waals surface area contributed by atoms with E-state index in [1.807, 2.05) is 30.3 Å². The highest BCUT2D eigenvalue weighted by atomic mass is 32.2. The molecular formula is C14H15NO4S2. The Kier molecular flexibility index (Phi) is 4.76. The summed E-state index contributed by atoms with van der Waals surface area (Å²) in [6.45, 7) is 0.293. The molecule has 21 heavy (non-hydrogen) atoms. The van der Waals surface area contributed by atoms with Gasteiger partial charge in [0.1, 0.15) is 9.77 Å². The fourth-order valence-electron chi connectivity index (χ4n) is 1.88. The zero-order valence-corrected chi connectivity index (χ0v) is 13.0. The maximum Gasteiger partial charge on any atom is 0.347 e. The summed E-state index contributed by atoms with van der Waals surface area (Å²) in [5.41, 5.74) is 1.03. The number of nitrogens with zero attached hydrogens (tertiary/aromatic N) is 1. The Bertz CT molecular complexity index is 722. The SMILES string of the molecule is CN(CCc1ccccc1)S(=O)(=O)c1ccsc1C(=O)O. The van der Waals surface area contributed by atoms with E-state index >= 15 is 0 Å². The van der Waals surface area contributed by atoms with Crippen molar-refractivity contribution in [3.63, 3.8) is 0 Å². The Hall–Kier alpha value is -1.70. The summed E-state index contributed by atoms with van der Waals surface area (Å²) in [4.78, 5) is 10.8. The number of aromatic carboxylic acids is 1. The van der Waals surface area contributed by atoms with Crippen molar-refractivity contribution >= 4 is 27.3 Å². The van der Waals surface area contributed by atoms with Gasteiger partial charge in [0.05, 0.1) is 0 Å². The molecule has 5 nitrogen and oxygen atoms in total. The molecule has 0 unspecified atom stereocenters. The molecule has 1 N–H and O–H groups in total. The number of carbonyl (C=O) groups is 1. The van der Waals surface area contributed by atoms with Gasteiger partial charge in [0.15, 0.2) is 0 Å². The van der Waals surface area contributed by atoms with Gasteiger partial charge in [-0.25, -0.2) is 17.5 Å². The van der Waals surface area contributed by atoms with Crippen LogP contribution in [0.4, 0.5) is 0 Å². The fraction of sp³-hybridized carbons (Fsp3) is 0.214. The van der Waals surface area contributed by atoms with Crippen LogP contribution < -0.4 is 0 Å². The first kappa shape index (κ1) is 15.7. The average Bonchev–Trinajstić information content (AvgIpc) is 2.96. The van der Waals surface area contributed by atoms with Crippen LogP contribution in [0, 0.1) is 0 Å². The number of hydrogen-bond donors (Lipinski definition) is 1. The lowest BCUT2D eigenvalue weighted by Crippen LogP contribution is -2.29. The third-order valence-corrected chi connectivity index (χ3v) is 6.00. The van der Waals surface area contributed by atoms with E-state index in [0.29, 0.717) is 13.0 Å². The quantitative estimate of drug-likeness (QED) is 0.884. The monoisotopic (exact) mass is 325 g/mol. The minimum Gasteiger partial charge on any atom is -0.477 e. The van der Waals surface area contributed by atoms with E-state index in [9.17, 15) is 13.2 Å².